The number of fused-ring (bicyclic) bond motifs is 2. The van der Waals surface area contributed by atoms with Crippen LogP contribution < -0.4 is 11.1 Å². The second-order valence-electron chi connectivity index (χ2n) is 12.7. The zero-order valence-electron chi connectivity index (χ0n) is 25.7. The molecule has 0 radical (unpaired) electrons. The highest BCUT2D eigenvalue weighted by Crippen LogP contribution is 2.45. The molecule has 3 aromatic carbocycles. The first-order valence-electron chi connectivity index (χ1n) is 15.7. The van der Waals surface area contributed by atoms with Crippen molar-refractivity contribution in [2.45, 2.75) is 63.3 Å². The fourth-order valence-electron chi connectivity index (χ4n) is 7.45. The van der Waals surface area contributed by atoms with E-state index in [1.54, 1.807) is 13.0 Å². The molecule has 2 aliphatic carbocycles. The van der Waals surface area contributed by atoms with Crippen molar-refractivity contribution in [3.63, 3.8) is 0 Å². The number of carbonyl (C=O) groups is 2. The molecule has 0 aliphatic heterocycles. The first kappa shape index (κ1) is 28.1. The van der Waals surface area contributed by atoms with Crippen LogP contribution in [0.1, 0.15) is 85.1 Å². The average molecular weight is 586 g/mol. The van der Waals surface area contributed by atoms with Crippen molar-refractivity contribution in [3.8, 4) is 11.3 Å². The van der Waals surface area contributed by atoms with E-state index in [-0.39, 0.29) is 11.7 Å². The van der Waals surface area contributed by atoms with Crippen molar-refractivity contribution in [3.05, 3.63) is 89.3 Å². The van der Waals surface area contributed by atoms with E-state index in [0.717, 1.165) is 58.5 Å². The monoisotopic (exact) mass is 585 g/mol. The van der Waals surface area contributed by atoms with E-state index in [1.807, 2.05) is 55.6 Å². The molecule has 2 heterocycles. The molecule has 2 fully saturated rings. The fourth-order valence-corrected chi connectivity index (χ4v) is 7.45. The minimum absolute atomic E-state index is 0.0104. The minimum Gasteiger partial charge on any atom is -0.399 e. The lowest BCUT2D eigenvalue weighted by Gasteiger charge is -2.41. The average Bonchev–Trinajstić information content (AvgIpc) is 3.71. The number of anilines is 1. The van der Waals surface area contributed by atoms with Crippen LogP contribution in [-0.2, 0) is 24.4 Å². The zero-order valence-corrected chi connectivity index (χ0v) is 25.7. The van der Waals surface area contributed by atoms with E-state index in [1.165, 1.54) is 42.3 Å². The molecule has 0 bridgehead atoms. The van der Waals surface area contributed by atoms with Gasteiger partial charge in [-0.25, -0.2) is 4.98 Å². The molecular formula is C37H39N5O2. The first-order chi connectivity index (χ1) is 21.2. The number of nitrogens with two attached hydrogens (primary N) is 1. The molecule has 2 aromatic heterocycles. The smallest absolute Gasteiger partial charge is 0.252 e. The Bertz CT molecular complexity index is 1970. The lowest BCUT2D eigenvalue weighted by atomic mass is 9.75. The van der Waals surface area contributed by atoms with Gasteiger partial charge in [0.25, 0.3) is 5.91 Å². The minimum atomic E-state index is -0.523. The summed E-state index contributed by atoms with van der Waals surface area (Å²) in [6.45, 7) is 1.54. The molecule has 44 heavy (non-hydrogen) atoms. The summed E-state index contributed by atoms with van der Waals surface area (Å²) in [6, 6.07) is 20.3. The number of nitrogens with zero attached hydrogens (tertiary/aromatic N) is 3. The number of hydrogen-bond donors (Lipinski definition) is 2. The normalized spacial score (nSPS) is 16.6. The van der Waals surface area contributed by atoms with Crippen LogP contribution in [-0.4, -0.2) is 25.8 Å². The maximum absolute atomic E-state index is 14.0. The second kappa shape index (κ2) is 10.8. The van der Waals surface area contributed by atoms with Crippen molar-refractivity contribution in [1.82, 2.24) is 19.4 Å². The van der Waals surface area contributed by atoms with E-state index in [9.17, 15) is 9.59 Å². The molecular weight excluding hydrogens is 546 g/mol. The van der Waals surface area contributed by atoms with Crippen LogP contribution in [0.15, 0.2) is 66.7 Å². The summed E-state index contributed by atoms with van der Waals surface area (Å²) in [4.78, 5) is 30.4. The Morgan fingerprint density at radius 2 is 1.75 bits per heavy atom. The van der Waals surface area contributed by atoms with Crippen molar-refractivity contribution in [2.75, 3.05) is 5.73 Å². The third-order valence-corrected chi connectivity index (χ3v) is 9.83. The predicted molar refractivity (Wildman–Crippen MR) is 177 cm³/mol. The summed E-state index contributed by atoms with van der Waals surface area (Å²) in [5.41, 5.74) is 14.7. The van der Waals surface area contributed by atoms with Crippen LogP contribution >= 0.6 is 0 Å². The van der Waals surface area contributed by atoms with Gasteiger partial charge in [-0.3, -0.25) is 9.59 Å². The number of nitrogen functional groups attached to an aromatic ring is 1. The van der Waals surface area contributed by atoms with Crippen molar-refractivity contribution in [1.29, 1.82) is 0 Å². The number of ketones is 1. The van der Waals surface area contributed by atoms with Gasteiger partial charge in [0.15, 0.2) is 5.78 Å². The van der Waals surface area contributed by atoms with Gasteiger partial charge < -0.3 is 20.2 Å². The fraction of sp³-hybridized carbons (Fsp3) is 0.324. The van der Waals surface area contributed by atoms with Crippen molar-refractivity contribution >= 4 is 45.4 Å². The van der Waals surface area contributed by atoms with Gasteiger partial charge in [-0.2, -0.15) is 0 Å². The van der Waals surface area contributed by atoms with E-state index in [2.05, 4.69) is 39.7 Å². The van der Waals surface area contributed by atoms with Gasteiger partial charge in [-0.05, 0) is 98.5 Å². The standard InChI is InChI=1S/C37H39N5O2/c1-23(43)12-13-24-14-17-30-32(20-24)42(3)36(39-30)37(18-7-19-37)40-35(44)27-15-16-29-31(22-27)41(2)34(26-10-6-11-28(38)21-26)33(29)25-8-4-5-9-25/h6,10-17,20-22,25H,4-5,7-9,18-19,38H2,1-3H3,(H,40,44)/b13-12+. The molecule has 2 aliphatic rings. The van der Waals surface area contributed by atoms with Crippen LogP contribution in [0.2, 0.25) is 0 Å². The summed E-state index contributed by atoms with van der Waals surface area (Å²) in [6.07, 6.45) is 11.0. The first-order valence-corrected chi connectivity index (χ1v) is 15.7. The highest BCUT2D eigenvalue weighted by Gasteiger charge is 2.44. The summed E-state index contributed by atoms with van der Waals surface area (Å²) in [7, 11) is 4.11. The van der Waals surface area contributed by atoms with E-state index in [4.69, 9.17) is 10.7 Å². The highest BCUT2D eigenvalue weighted by atomic mass is 16.2. The Morgan fingerprint density at radius 3 is 2.45 bits per heavy atom. The molecule has 0 atom stereocenters. The van der Waals surface area contributed by atoms with E-state index >= 15 is 0 Å². The summed E-state index contributed by atoms with van der Waals surface area (Å²) < 4.78 is 4.34. The largest absolute Gasteiger partial charge is 0.399 e. The lowest BCUT2D eigenvalue weighted by Crippen LogP contribution is -2.52. The number of hydrogen-bond acceptors (Lipinski definition) is 4. The maximum Gasteiger partial charge on any atom is 0.252 e. The number of allylic oxidation sites excluding steroid dienone is 1. The number of imidazole rings is 1. The van der Waals surface area contributed by atoms with Crippen LogP contribution in [0, 0.1) is 0 Å². The number of aromatic nitrogens is 3. The maximum atomic E-state index is 14.0. The molecule has 1 amide bonds. The second-order valence-corrected chi connectivity index (χ2v) is 12.7. The van der Waals surface area contributed by atoms with Gasteiger partial charge in [-0.15, -0.1) is 0 Å². The Morgan fingerprint density at radius 1 is 0.955 bits per heavy atom. The number of nitrogens with one attached hydrogen (secondary N) is 1. The molecule has 5 aromatic rings. The Labute approximate surface area is 257 Å². The molecule has 3 N–H and O–H groups in total. The van der Waals surface area contributed by atoms with E-state index in [0.29, 0.717) is 11.5 Å². The summed E-state index contributed by atoms with van der Waals surface area (Å²) >= 11 is 0. The predicted octanol–water partition coefficient (Wildman–Crippen LogP) is 7.38. The number of aryl methyl sites for hydroxylation is 2. The highest BCUT2D eigenvalue weighted by molar-refractivity contribution is 6.01. The molecule has 0 saturated heterocycles. The van der Waals surface area contributed by atoms with Crippen LogP contribution in [0.5, 0.6) is 0 Å². The third kappa shape index (κ3) is 4.71. The van der Waals surface area contributed by atoms with Gasteiger partial charge in [-0.1, -0.05) is 43.2 Å². The van der Waals surface area contributed by atoms with Gasteiger partial charge >= 0.3 is 0 Å². The zero-order chi connectivity index (χ0) is 30.6. The summed E-state index contributed by atoms with van der Waals surface area (Å²) in [5, 5.41) is 4.63. The van der Waals surface area contributed by atoms with Gasteiger partial charge in [0, 0.05) is 41.8 Å². The van der Waals surface area contributed by atoms with E-state index < -0.39 is 5.54 Å². The Hall–Kier alpha value is -4.65. The number of benzene rings is 3. The van der Waals surface area contributed by atoms with Gasteiger partial charge in [0.1, 0.15) is 5.82 Å². The molecule has 0 spiro atoms. The molecule has 2 saturated carbocycles. The van der Waals surface area contributed by atoms with Crippen LogP contribution in [0.4, 0.5) is 5.69 Å². The number of amides is 1. The summed E-state index contributed by atoms with van der Waals surface area (Å²) in [5.74, 6) is 1.30. The third-order valence-electron chi connectivity index (χ3n) is 9.83. The van der Waals surface area contributed by atoms with Gasteiger partial charge in [0.05, 0.1) is 22.3 Å². The molecule has 224 valence electrons. The molecule has 7 heteroatoms. The SMILES string of the molecule is CC(=O)/C=C/c1ccc2nc(C3(NC(=O)c4ccc5c(C6CCCC6)c(-c6cccc(N)c6)n(C)c5c4)CCC3)n(C)c2c1. The van der Waals surface area contributed by atoms with Crippen LogP contribution in [0.25, 0.3) is 39.3 Å². The Kier molecular flexibility index (Phi) is 6.91. The molecule has 0 unspecified atom stereocenters. The topological polar surface area (TPSA) is 94.9 Å². The molecule has 7 rings (SSSR count). The van der Waals surface area contributed by atoms with Crippen LogP contribution in [0.3, 0.4) is 0 Å². The molecule has 7 nitrogen and oxygen atoms in total. The lowest BCUT2D eigenvalue weighted by molar-refractivity contribution is -0.112. The van der Waals surface area contributed by atoms with Crippen molar-refractivity contribution in [2.24, 2.45) is 14.1 Å². The Balaban J connectivity index is 1.25. The van der Waals surface area contributed by atoms with Gasteiger partial charge in [0.2, 0.25) is 0 Å². The quantitative estimate of drug-likeness (QED) is 0.154. The number of rotatable bonds is 7. The van der Waals surface area contributed by atoms with Crippen molar-refractivity contribution < 1.29 is 9.59 Å². The number of carbonyl (C=O) groups excluding carboxylic acids is 2.